The molecule has 4 aromatic rings. The third-order valence-corrected chi connectivity index (χ3v) is 5.21. The number of H-pyrrole nitrogens is 1. The SMILES string of the molecule is O=C(N=CN(NCCc1cnc[nH]1)c1ccc(-c2ccccc2)cc1)c1cccc(C(F)(F)F)c1. The molecule has 1 aromatic heterocycles. The predicted molar refractivity (Wildman–Crippen MR) is 129 cm³/mol. The molecule has 0 saturated heterocycles. The van der Waals surface area contributed by atoms with Crippen LogP contribution in [0.1, 0.15) is 21.6 Å². The molecule has 35 heavy (non-hydrogen) atoms. The predicted octanol–water partition coefficient (Wildman–Crippen LogP) is 5.52. The molecule has 0 unspecified atom stereocenters. The van der Waals surface area contributed by atoms with Gasteiger partial charge >= 0.3 is 6.18 Å². The number of imidazole rings is 1. The summed E-state index contributed by atoms with van der Waals surface area (Å²) in [5.41, 5.74) is 5.84. The fourth-order valence-corrected chi connectivity index (χ4v) is 3.39. The highest BCUT2D eigenvalue weighted by Gasteiger charge is 2.30. The van der Waals surface area contributed by atoms with Crippen molar-refractivity contribution in [1.82, 2.24) is 15.4 Å². The van der Waals surface area contributed by atoms with E-state index in [1.807, 2.05) is 54.6 Å². The van der Waals surface area contributed by atoms with Gasteiger partial charge in [-0.25, -0.2) is 10.4 Å². The monoisotopic (exact) mass is 477 g/mol. The van der Waals surface area contributed by atoms with Crippen molar-refractivity contribution < 1.29 is 18.0 Å². The third-order valence-electron chi connectivity index (χ3n) is 5.21. The lowest BCUT2D eigenvalue weighted by molar-refractivity contribution is -0.137. The normalized spacial score (nSPS) is 11.6. The molecule has 0 bridgehead atoms. The Hall–Kier alpha value is -4.24. The molecule has 1 heterocycles. The van der Waals surface area contributed by atoms with Crippen molar-refractivity contribution in [2.75, 3.05) is 11.6 Å². The Morgan fingerprint density at radius 2 is 1.74 bits per heavy atom. The van der Waals surface area contributed by atoms with Gasteiger partial charge in [0.15, 0.2) is 0 Å². The topological polar surface area (TPSA) is 73.4 Å². The number of amides is 1. The molecule has 0 radical (unpaired) electrons. The van der Waals surface area contributed by atoms with Crippen LogP contribution in [0.25, 0.3) is 11.1 Å². The molecular formula is C26H22F3N5O. The summed E-state index contributed by atoms with van der Waals surface area (Å²) in [4.78, 5) is 23.4. The summed E-state index contributed by atoms with van der Waals surface area (Å²) < 4.78 is 39.0. The van der Waals surface area contributed by atoms with Crippen LogP contribution < -0.4 is 10.4 Å². The molecule has 0 fully saturated rings. The lowest BCUT2D eigenvalue weighted by Gasteiger charge is -2.21. The summed E-state index contributed by atoms with van der Waals surface area (Å²) in [5.74, 6) is -0.780. The number of nitrogens with one attached hydrogen (secondary N) is 2. The molecule has 9 heteroatoms. The first-order chi connectivity index (χ1) is 16.9. The number of halogens is 3. The molecular weight excluding hydrogens is 455 g/mol. The van der Waals surface area contributed by atoms with E-state index in [2.05, 4.69) is 20.4 Å². The van der Waals surface area contributed by atoms with Crippen LogP contribution in [-0.2, 0) is 12.6 Å². The Morgan fingerprint density at radius 1 is 1.00 bits per heavy atom. The molecule has 0 atom stereocenters. The van der Waals surface area contributed by atoms with Crippen LogP contribution in [0.2, 0.25) is 0 Å². The number of aromatic nitrogens is 2. The van der Waals surface area contributed by atoms with Crippen LogP contribution in [0.3, 0.4) is 0 Å². The summed E-state index contributed by atoms with van der Waals surface area (Å²) >= 11 is 0. The number of aromatic amines is 1. The summed E-state index contributed by atoms with van der Waals surface area (Å²) in [7, 11) is 0. The number of hydrazine groups is 1. The van der Waals surface area contributed by atoms with Gasteiger partial charge in [-0.1, -0.05) is 48.5 Å². The summed E-state index contributed by atoms with van der Waals surface area (Å²) in [6.45, 7) is 0.492. The van der Waals surface area contributed by atoms with Gasteiger partial charge in [-0.3, -0.25) is 9.80 Å². The second-order valence-corrected chi connectivity index (χ2v) is 7.65. The fraction of sp³-hybridized carbons (Fsp3) is 0.115. The maximum Gasteiger partial charge on any atom is 0.416 e. The average Bonchev–Trinajstić information content (AvgIpc) is 3.40. The second kappa shape index (κ2) is 10.8. The third kappa shape index (κ3) is 6.42. The number of hydrogen-bond donors (Lipinski definition) is 2. The molecule has 6 nitrogen and oxygen atoms in total. The highest BCUT2D eigenvalue weighted by Crippen LogP contribution is 2.29. The molecule has 0 aliphatic carbocycles. The first kappa shape index (κ1) is 23.9. The van der Waals surface area contributed by atoms with E-state index < -0.39 is 17.6 Å². The standard InChI is InChI=1S/C26H22F3N5O/c27-26(28,29)22-8-4-7-21(15-22)25(35)32-18-34(33-14-13-23-16-30-17-31-23)24-11-9-20(10-12-24)19-5-2-1-3-6-19/h1-12,15-18,33H,13-14H2,(H,30,31). The van der Waals surface area contributed by atoms with Crippen LogP contribution in [-0.4, -0.2) is 28.8 Å². The largest absolute Gasteiger partial charge is 0.416 e. The van der Waals surface area contributed by atoms with E-state index in [9.17, 15) is 18.0 Å². The highest BCUT2D eigenvalue weighted by atomic mass is 19.4. The van der Waals surface area contributed by atoms with E-state index in [1.54, 1.807) is 17.5 Å². The molecule has 1 amide bonds. The number of benzene rings is 3. The van der Waals surface area contributed by atoms with E-state index >= 15 is 0 Å². The van der Waals surface area contributed by atoms with E-state index in [1.165, 1.54) is 18.5 Å². The van der Waals surface area contributed by atoms with Crippen molar-refractivity contribution >= 4 is 17.9 Å². The second-order valence-electron chi connectivity index (χ2n) is 7.65. The minimum absolute atomic E-state index is 0.145. The molecule has 3 aromatic carbocycles. The number of aliphatic imine (C=N–C) groups is 1. The number of carbonyl (C=O) groups is 1. The van der Waals surface area contributed by atoms with Gasteiger partial charge in [0, 0.05) is 30.4 Å². The van der Waals surface area contributed by atoms with Crippen LogP contribution in [0.4, 0.5) is 18.9 Å². The molecule has 0 aliphatic rings. The first-order valence-corrected chi connectivity index (χ1v) is 10.8. The maximum absolute atomic E-state index is 13.0. The van der Waals surface area contributed by atoms with E-state index in [-0.39, 0.29) is 5.56 Å². The molecule has 178 valence electrons. The quantitative estimate of drug-likeness (QED) is 0.199. The van der Waals surface area contributed by atoms with Gasteiger partial charge in [-0.05, 0) is 41.5 Å². The van der Waals surface area contributed by atoms with Gasteiger partial charge in [0.1, 0.15) is 6.34 Å². The number of hydrogen-bond acceptors (Lipinski definition) is 3. The number of nitrogens with zero attached hydrogens (tertiary/aromatic N) is 3. The van der Waals surface area contributed by atoms with Crippen molar-refractivity contribution in [3.63, 3.8) is 0 Å². The Kier molecular flexibility index (Phi) is 7.37. The van der Waals surface area contributed by atoms with Crippen molar-refractivity contribution in [2.24, 2.45) is 4.99 Å². The zero-order chi connectivity index (χ0) is 24.7. The molecule has 4 rings (SSSR count). The number of anilines is 1. The highest BCUT2D eigenvalue weighted by molar-refractivity contribution is 6.01. The van der Waals surface area contributed by atoms with Gasteiger partial charge in [-0.15, -0.1) is 0 Å². The summed E-state index contributed by atoms with van der Waals surface area (Å²) in [6.07, 6.45) is 0.665. The van der Waals surface area contributed by atoms with Gasteiger partial charge in [0.05, 0.1) is 17.6 Å². The lowest BCUT2D eigenvalue weighted by Crippen LogP contribution is -2.38. The Bertz CT molecular complexity index is 1270. The Morgan fingerprint density at radius 3 is 2.43 bits per heavy atom. The van der Waals surface area contributed by atoms with Gasteiger partial charge in [-0.2, -0.15) is 18.2 Å². The first-order valence-electron chi connectivity index (χ1n) is 10.8. The fourth-order valence-electron chi connectivity index (χ4n) is 3.39. The summed E-state index contributed by atoms with van der Waals surface area (Å²) in [6, 6.07) is 21.7. The van der Waals surface area contributed by atoms with Crippen LogP contribution >= 0.6 is 0 Å². The van der Waals surface area contributed by atoms with Crippen LogP contribution in [0, 0.1) is 0 Å². The molecule has 2 N–H and O–H groups in total. The van der Waals surface area contributed by atoms with Gasteiger partial charge in [0.2, 0.25) is 0 Å². The minimum atomic E-state index is -4.54. The summed E-state index contributed by atoms with van der Waals surface area (Å²) in [5, 5.41) is 1.57. The zero-order valence-corrected chi connectivity index (χ0v) is 18.5. The van der Waals surface area contributed by atoms with Crippen LogP contribution in [0.5, 0.6) is 0 Å². The van der Waals surface area contributed by atoms with E-state index in [4.69, 9.17) is 0 Å². The van der Waals surface area contributed by atoms with Crippen molar-refractivity contribution in [2.45, 2.75) is 12.6 Å². The van der Waals surface area contributed by atoms with Gasteiger partial charge < -0.3 is 4.98 Å². The number of carbonyl (C=O) groups excluding carboxylic acids is 1. The molecule has 0 spiro atoms. The van der Waals surface area contributed by atoms with Crippen molar-refractivity contribution in [1.29, 1.82) is 0 Å². The van der Waals surface area contributed by atoms with Gasteiger partial charge in [0.25, 0.3) is 5.91 Å². The van der Waals surface area contributed by atoms with E-state index in [0.29, 0.717) is 18.7 Å². The minimum Gasteiger partial charge on any atom is -0.348 e. The maximum atomic E-state index is 13.0. The Balaban J connectivity index is 1.53. The number of alkyl halides is 3. The smallest absolute Gasteiger partial charge is 0.348 e. The number of rotatable bonds is 8. The lowest BCUT2D eigenvalue weighted by atomic mass is 10.1. The average molecular weight is 477 g/mol. The zero-order valence-electron chi connectivity index (χ0n) is 18.5. The van der Waals surface area contributed by atoms with Crippen molar-refractivity contribution in [3.05, 3.63) is 108 Å². The Labute approximate surface area is 200 Å². The molecule has 0 saturated carbocycles. The van der Waals surface area contributed by atoms with E-state index in [0.717, 1.165) is 29.0 Å². The van der Waals surface area contributed by atoms with Crippen LogP contribution in [0.15, 0.2) is 96.4 Å². The van der Waals surface area contributed by atoms with Crippen molar-refractivity contribution in [3.8, 4) is 11.1 Å². The molecule has 0 aliphatic heterocycles.